The van der Waals surface area contributed by atoms with Gasteiger partial charge in [0.1, 0.15) is 0 Å². The maximum absolute atomic E-state index is 10.5. The summed E-state index contributed by atoms with van der Waals surface area (Å²) in [6.45, 7) is 0. The Morgan fingerprint density at radius 1 is 1.31 bits per heavy atom. The first-order chi connectivity index (χ1) is 5.85. The van der Waals surface area contributed by atoms with Gasteiger partial charge in [-0.2, -0.15) is 0 Å². The van der Waals surface area contributed by atoms with Crippen LogP contribution < -0.4 is 0 Å². The molecule has 1 aliphatic heterocycles. The van der Waals surface area contributed by atoms with Crippen molar-refractivity contribution in [1.29, 1.82) is 0 Å². The summed E-state index contributed by atoms with van der Waals surface area (Å²) in [6.07, 6.45) is 0. The average Bonchev–Trinajstić information content (AvgIpc) is 1.80. The molecule has 1 heterocycles. The van der Waals surface area contributed by atoms with E-state index in [-0.39, 0.29) is 0 Å². The van der Waals surface area contributed by atoms with Crippen LogP contribution in [0.5, 0.6) is 0 Å². The molecule has 1 rings (SSSR count). The van der Waals surface area contributed by atoms with Crippen LogP contribution in [0.2, 0.25) is 0 Å². The Bertz CT molecular complexity index is 375. The zero-order valence-electron chi connectivity index (χ0n) is 5.65. The molecule has 1 fully saturated rings. The standard InChI is InChI=1S/2Al.2H2O4S.O/c;;2*1-5(2,3)4;/h;;2*(H2,1,2,3,4);/q+1;+3;;;/p-4. The molecule has 13 heavy (non-hydrogen) atoms. The third-order valence-electron chi connectivity index (χ3n) is 0.746. The molecule has 9 nitrogen and oxygen atoms in total. The van der Waals surface area contributed by atoms with Crippen LogP contribution in [0, 0.1) is 0 Å². The van der Waals surface area contributed by atoms with Crippen molar-refractivity contribution in [2.75, 3.05) is 0 Å². The quantitative estimate of drug-likeness (QED) is 0.506. The molecule has 0 aliphatic carbocycles. The van der Waals surface area contributed by atoms with E-state index in [2.05, 4.69) is 12.9 Å². The van der Waals surface area contributed by atoms with E-state index in [0.29, 0.717) is 0 Å². The molecule has 0 radical (unpaired) electrons. The van der Waals surface area contributed by atoms with E-state index in [4.69, 9.17) is 0 Å². The van der Waals surface area contributed by atoms with E-state index in [1.165, 1.54) is 0 Å². The first-order valence-electron chi connectivity index (χ1n) is 2.51. The van der Waals surface area contributed by atoms with Crippen molar-refractivity contribution in [3.05, 3.63) is 0 Å². The van der Waals surface area contributed by atoms with Crippen LogP contribution in [-0.2, 0) is 37.5 Å². The predicted octanol–water partition coefficient (Wildman–Crippen LogP) is -2.49. The fraction of sp³-hybridized carbons (Fsp3) is 0. The Labute approximate surface area is 84.8 Å². The molecule has 0 aromatic heterocycles. The van der Waals surface area contributed by atoms with Gasteiger partial charge in [0.15, 0.2) is 0 Å². The number of hydrogen-bond acceptors (Lipinski definition) is 9. The average molecular weight is 262 g/mol. The van der Waals surface area contributed by atoms with Gasteiger partial charge in [0.25, 0.3) is 0 Å². The first kappa shape index (κ1) is 11.5. The van der Waals surface area contributed by atoms with Gasteiger partial charge in [-0.3, -0.25) is 0 Å². The van der Waals surface area contributed by atoms with Crippen molar-refractivity contribution in [1.82, 2.24) is 0 Å². The summed E-state index contributed by atoms with van der Waals surface area (Å²) in [5, 5.41) is 0. The molecule has 0 spiro atoms. The van der Waals surface area contributed by atoms with Gasteiger partial charge in [0.05, 0.1) is 0 Å². The van der Waals surface area contributed by atoms with Crippen molar-refractivity contribution in [2.45, 2.75) is 0 Å². The third kappa shape index (κ3) is 3.59. The Morgan fingerprint density at radius 2 is 1.85 bits per heavy atom. The minimum atomic E-state index is -4.47. The summed E-state index contributed by atoms with van der Waals surface area (Å²) in [5.41, 5.74) is 0. The fourth-order valence-corrected chi connectivity index (χ4v) is 4.57. The van der Waals surface area contributed by atoms with Crippen LogP contribution in [0.4, 0.5) is 0 Å². The molecular weight excluding hydrogens is 262 g/mol. The van der Waals surface area contributed by atoms with E-state index >= 15 is 0 Å². The van der Waals surface area contributed by atoms with Gasteiger partial charge in [0.2, 0.25) is 0 Å². The SMILES string of the molecule is [O]=[Al][O]S(=O)(=O)[O][Al]1[O]S(=O)(=O)[O]1. The van der Waals surface area contributed by atoms with Crippen LogP contribution in [0.15, 0.2) is 0 Å². The van der Waals surface area contributed by atoms with Crippen molar-refractivity contribution in [3.8, 4) is 0 Å². The molecule has 0 amide bonds. The molecule has 0 N–H and O–H groups in total. The van der Waals surface area contributed by atoms with Gasteiger partial charge in [-0.1, -0.05) is 0 Å². The molecule has 0 unspecified atom stereocenters. The second-order valence-electron chi connectivity index (χ2n) is 1.59. The second-order valence-corrected chi connectivity index (χ2v) is 7.07. The Balaban J connectivity index is 2.49. The van der Waals surface area contributed by atoms with Crippen molar-refractivity contribution in [2.24, 2.45) is 0 Å². The molecule has 72 valence electrons. The van der Waals surface area contributed by atoms with Gasteiger partial charge in [-0.05, 0) is 0 Å². The van der Waals surface area contributed by atoms with Gasteiger partial charge in [-0.15, -0.1) is 0 Å². The van der Waals surface area contributed by atoms with Gasteiger partial charge in [-0.25, -0.2) is 0 Å². The minimum absolute atomic E-state index is 2.01. The summed E-state index contributed by atoms with van der Waals surface area (Å²) in [4.78, 5) is 0. The summed E-state index contributed by atoms with van der Waals surface area (Å²) in [6, 6.07) is 0. The van der Waals surface area contributed by atoms with E-state index in [1.54, 1.807) is 0 Å². The zero-order valence-corrected chi connectivity index (χ0v) is 9.59. The van der Waals surface area contributed by atoms with E-state index in [1.807, 2.05) is 0 Å². The predicted molar refractivity (Wildman–Crippen MR) is 34.4 cm³/mol. The van der Waals surface area contributed by atoms with Crippen molar-refractivity contribution < 1.29 is 33.6 Å². The van der Waals surface area contributed by atoms with E-state index in [9.17, 15) is 20.6 Å². The van der Waals surface area contributed by atoms with Crippen LogP contribution in [-0.4, -0.2) is 47.5 Å². The Morgan fingerprint density at radius 3 is 2.23 bits per heavy atom. The summed E-state index contributed by atoms with van der Waals surface area (Å²) < 4.78 is 66.5. The fourth-order valence-electron chi connectivity index (χ4n) is 0.399. The monoisotopic (exact) mass is 262 g/mol. The molecule has 13 heteroatoms. The maximum atomic E-state index is 10.5. The molecule has 0 aromatic rings. The van der Waals surface area contributed by atoms with Gasteiger partial charge >= 0.3 is 85.0 Å². The molecule has 1 saturated heterocycles. The van der Waals surface area contributed by atoms with E-state index in [0.717, 1.165) is 0 Å². The Kier molecular flexibility index (Phi) is 3.46. The molecule has 0 bridgehead atoms. The topological polar surface area (TPSA) is 122 Å². The number of rotatable bonds is 4. The third-order valence-corrected chi connectivity index (χ3v) is 6.72. The van der Waals surface area contributed by atoms with Crippen molar-refractivity contribution >= 4 is 51.4 Å². The first-order valence-corrected chi connectivity index (χ1v) is 7.54. The summed E-state index contributed by atoms with van der Waals surface area (Å²) >= 11 is -5.22. The molecule has 0 saturated carbocycles. The Hall–Kier alpha value is 0.445. The summed E-state index contributed by atoms with van der Waals surface area (Å²) in [5.74, 6) is 0. The molecule has 0 atom stereocenters. The van der Waals surface area contributed by atoms with Gasteiger partial charge < -0.3 is 0 Å². The molecule has 1 aliphatic rings. The molecular formula is Al2O9S2. The van der Waals surface area contributed by atoms with Gasteiger partial charge in [0, 0.05) is 0 Å². The second kappa shape index (κ2) is 3.90. The van der Waals surface area contributed by atoms with Crippen molar-refractivity contribution in [3.63, 3.8) is 0 Å². The summed E-state index contributed by atoms with van der Waals surface area (Å²) in [7, 11) is -8.54. The van der Waals surface area contributed by atoms with Crippen LogP contribution in [0.3, 0.4) is 0 Å². The van der Waals surface area contributed by atoms with Crippen LogP contribution >= 0.6 is 0 Å². The van der Waals surface area contributed by atoms with E-state index < -0.39 is 51.4 Å². The number of hydrogen-bond donors (Lipinski definition) is 0. The van der Waals surface area contributed by atoms with Crippen LogP contribution in [0.1, 0.15) is 0 Å². The zero-order chi connectivity index (χ0) is 10.1. The molecule has 0 aromatic carbocycles. The normalized spacial score (nSPS) is 20.2. The van der Waals surface area contributed by atoms with Crippen LogP contribution in [0.25, 0.3) is 0 Å².